The fraction of sp³-hybridized carbons (Fsp3) is 0.0250. The third kappa shape index (κ3) is 10.1. The number of pyridine rings is 1. The predicted molar refractivity (Wildman–Crippen MR) is 347 cm³/mol. The summed E-state index contributed by atoms with van der Waals surface area (Å²) in [5, 5.41) is 1.25. The number of para-hydroxylation sites is 3. The van der Waals surface area contributed by atoms with Crippen LogP contribution >= 0.6 is 0 Å². The Morgan fingerprint density at radius 1 is 0.442 bits per heavy atom. The summed E-state index contributed by atoms with van der Waals surface area (Å²) in [5.74, 6) is 0.0856. The molecule has 0 unspecified atom stereocenters. The summed E-state index contributed by atoms with van der Waals surface area (Å²) in [4.78, 5) is 4.54. The maximum atomic E-state index is 10.4. The van der Waals surface area contributed by atoms with Crippen LogP contribution in [0.2, 0.25) is 0 Å². The molecule has 0 amide bonds. The Kier molecular flexibility index (Phi) is 7.71. The Morgan fingerprint density at radius 2 is 0.988 bits per heavy atom. The van der Waals surface area contributed by atoms with Crippen molar-refractivity contribution in [1.82, 2.24) is 14.1 Å². The van der Waals surface area contributed by atoms with Crippen molar-refractivity contribution >= 4 is 32.8 Å². The van der Waals surface area contributed by atoms with Crippen LogP contribution in [0, 0.1) is 32.2 Å². The SMILES string of the molecule is [2H]c1c([2H])c([2H])c(-c2c([2H])c(-c3cccc(-c4c([2H])c(-c5c([2H])c([2H])c([2H])c([2H])c5[2H])c([2H])c(-c5c([2H])c([2H])c([2H])c([2H])c5[2H])c4[2H])c3-[n+]3[c-]n(-c4[c-]c(Oc5[c-]c6c(cc5)c5cc(-c7ccccc7)ccc5n6-c5cc(C([2H])([2H])[2H])c(C([2H])([2H])[2H])cn5)ccc4)c4ccccc43)c([2H])c(-c3c([2H])c([2H])c([2H])c([2H])c3[2H])c2[2H])c([2H])c1[2H].[Pt]. The number of aryl methyl sites for hydroxylation is 2. The first-order valence-corrected chi connectivity index (χ1v) is 26.1. The first kappa shape index (κ1) is 28.9. The molecular weight excluding hydrogens is 1230 g/mol. The van der Waals surface area contributed by atoms with E-state index in [-0.39, 0.29) is 55.1 Å². The Morgan fingerprint density at radius 3 is 1.58 bits per heavy atom. The Bertz CT molecular complexity index is 6330. The number of hydrogen-bond acceptors (Lipinski definition) is 2. The van der Waals surface area contributed by atoms with Crippen LogP contribution in [0.5, 0.6) is 11.5 Å². The average molecular weight is 1310 g/mol. The molecular formula is C80H54N4OPt-2. The minimum atomic E-state index is -2.91. The maximum absolute atomic E-state index is 10.4. The van der Waals surface area contributed by atoms with E-state index in [0.29, 0.717) is 21.8 Å². The summed E-state index contributed by atoms with van der Waals surface area (Å²) in [7, 11) is 0. The molecule has 412 valence electrons. The number of imidazole rings is 1. The Hall–Kier alpha value is -10.5. The molecule has 15 aromatic rings. The molecule has 0 aliphatic carbocycles. The van der Waals surface area contributed by atoms with Gasteiger partial charge in [-0.3, -0.25) is 4.57 Å². The molecule has 12 aromatic carbocycles. The second kappa shape index (κ2) is 23.0. The fourth-order valence-corrected chi connectivity index (χ4v) is 10.1. The van der Waals surface area contributed by atoms with Gasteiger partial charge in [0, 0.05) is 52.5 Å². The van der Waals surface area contributed by atoms with E-state index in [9.17, 15) is 19.2 Å². The van der Waals surface area contributed by atoms with Gasteiger partial charge in [-0.1, -0.05) is 211 Å². The molecule has 0 N–H and O–H groups in total. The van der Waals surface area contributed by atoms with Crippen molar-refractivity contribution in [3.63, 3.8) is 0 Å². The van der Waals surface area contributed by atoms with Crippen LogP contribution < -0.4 is 9.30 Å². The van der Waals surface area contributed by atoms with Gasteiger partial charge in [0.2, 0.25) is 0 Å². The van der Waals surface area contributed by atoms with E-state index < -0.39 is 254 Å². The Labute approximate surface area is 560 Å². The van der Waals surface area contributed by atoms with Crippen LogP contribution in [0.25, 0.3) is 128 Å². The second-order valence-corrected chi connectivity index (χ2v) is 19.1. The molecule has 0 saturated heterocycles. The van der Waals surface area contributed by atoms with E-state index in [1.165, 1.54) is 39.5 Å². The van der Waals surface area contributed by atoms with Crippen molar-refractivity contribution in [3.8, 4) is 107 Å². The molecule has 0 aliphatic rings. The van der Waals surface area contributed by atoms with Gasteiger partial charge in [0.15, 0.2) is 0 Å². The summed E-state index contributed by atoms with van der Waals surface area (Å²) in [6, 6.07) is 15.8. The quantitative estimate of drug-likeness (QED) is 0.0903. The van der Waals surface area contributed by atoms with Crippen molar-refractivity contribution in [2.75, 3.05) is 0 Å². The van der Waals surface area contributed by atoms with Gasteiger partial charge in [-0.15, -0.1) is 29.7 Å². The second-order valence-electron chi connectivity index (χ2n) is 19.1. The van der Waals surface area contributed by atoms with Gasteiger partial charge in [-0.25, -0.2) is 4.98 Å². The van der Waals surface area contributed by atoms with E-state index in [1.54, 1.807) is 53.1 Å². The van der Waals surface area contributed by atoms with Gasteiger partial charge >= 0.3 is 0 Å². The van der Waals surface area contributed by atoms with Gasteiger partial charge in [0.05, 0.1) is 52.4 Å². The van der Waals surface area contributed by atoms with Gasteiger partial charge in [0.25, 0.3) is 6.33 Å². The molecule has 0 saturated carbocycles. The first-order valence-electron chi connectivity index (χ1n) is 42.1. The van der Waals surface area contributed by atoms with E-state index in [4.69, 9.17) is 29.4 Å². The zero-order valence-electron chi connectivity index (χ0n) is 76.2. The predicted octanol–water partition coefficient (Wildman–Crippen LogP) is 19.9. The number of fused-ring (bicyclic) bond motifs is 4. The molecule has 0 radical (unpaired) electrons. The van der Waals surface area contributed by atoms with E-state index >= 15 is 0 Å². The van der Waals surface area contributed by atoms with Crippen LogP contribution in [-0.4, -0.2) is 14.1 Å². The number of ether oxygens (including phenoxy) is 1. The zero-order chi connectivity index (χ0) is 84.4. The molecule has 3 aromatic heterocycles. The molecule has 5 nitrogen and oxygen atoms in total. The number of rotatable bonds is 12. The minimum Gasteiger partial charge on any atom is -0.510 e. The molecule has 0 aliphatic heterocycles. The smallest absolute Gasteiger partial charge is 0.268 e. The van der Waals surface area contributed by atoms with E-state index in [0.717, 1.165) is 17.3 Å². The van der Waals surface area contributed by atoms with Gasteiger partial charge in [-0.05, 0) is 162 Å². The molecule has 6 heteroatoms. The number of hydrogen-bond donors (Lipinski definition) is 0. The van der Waals surface area contributed by atoms with E-state index in [2.05, 4.69) is 23.4 Å². The molecule has 86 heavy (non-hydrogen) atoms. The third-order valence-electron chi connectivity index (χ3n) is 14.0. The molecule has 0 spiro atoms. The molecule has 3 heterocycles. The van der Waals surface area contributed by atoms with Crippen molar-refractivity contribution in [2.24, 2.45) is 0 Å². The largest absolute Gasteiger partial charge is 0.510 e. The van der Waals surface area contributed by atoms with Crippen molar-refractivity contribution < 1.29 is 74.2 Å². The monoisotopic (exact) mass is 1310 g/mol. The zero-order valence-corrected chi connectivity index (χ0v) is 46.5. The van der Waals surface area contributed by atoms with Crippen molar-refractivity contribution in [3.05, 3.63) is 320 Å². The van der Waals surface area contributed by atoms with Gasteiger partial charge in [-0.2, -0.15) is 18.2 Å². The molecule has 0 bridgehead atoms. The average Bonchev–Trinajstić information content (AvgIpc) is 0.837. The summed E-state index contributed by atoms with van der Waals surface area (Å²) in [5.41, 5.74) is -7.30. The molecule has 0 atom stereocenters. The first-order chi connectivity index (χ1) is 55.2. The third-order valence-corrected chi connectivity index (χ3v) is 14.0. The summed E-state index contributed by atoms with van der Waals surface area (Å²) >= 11 is 0. The Balaban J connectivity index is 0.0000114. The van der Waals surface area contributed by atoms with Crippen LogP contribution in [0.4, 0.5) is 0 Å². The normalized spacial score (nSPS) is 16.8. The van der Waals surface area contributed by atoms with Crippen LogP contribution in [0.1, 0.15) is 55.0 Å². The topological polar surface area (TPSA) is 35.9 Å². The van der Waals surface area contributed by atoms with Gasteiger partial charge < -0.3 is 13.9 Å². The van der Waals surface area contributed by atoms with Crippen LogP contribution in [-0.2, 0) is 21.1 Å². The molecule has 15 rings (SSSR count). The summed E-state index contributed by atoms with van der Waals surface area (Å²) in [6.07, 6.45) is 4.31. The number of benzene rings is 12. The summed E-state index contributed by atoms with van der Waals surface area (Å²) in [6.45, 7) is -5.77. The summed E-state index contributed by atoms with van der Waals surface area (Å²) < 4.78 is 302. The van der Waals surface area contributed by atoms with Crippen LogP contribution in [0.3, 0.4) is 0 Å². The minimum absolute atomic E-state index is 0. The molecule has 0 fully saturated rings. The number of nitrogens with zero attached hydrogens (tertiary/aromatic N) is 4. The van der Waals surface area contributed by atoms with Crippen molar-refractivity contribution in [2.45, 2.75) is 13.7 Å². The van der Waals surface area contributed by atoms with E-state index in [1.807, 2.05) is 48.5 Å². The van der Waals surface area contributed by atoms with Crippen molar-refractivity contribution in [1.29, 1.82) is 0 Å². The fourth-order valence-electron chi connectivity index (χ4n) is 10.1. The van der Waals surface area contributed by atoms with Crippen LogP contribution in [0.15, 0.2) is 291 Å². The van der Waals surface area contributed by atoms with Gasteiger partial charge in [0.1, 0.15) is 5.82 Å². The standard InChI is InChI=1S/C80H54N4O.Pt/c1-54-42-79(81-52-55(54)2)84-75-41-38-61(56-22-8-3-9-23-56)49-74(75)73-40-39-70(51-78(73)84)85-69-33-20-32-68(50-69)82-53-83(77-37-19-18-36-76(77)82)80-71(66-45-62(57-24-10-4-11-25-57)43-63(46-66)58-26-12-5-13-27-58)34-21-35-72(80)67-47-64(59-28-14-6-15-29-59)44-65(48-67)60-30-16-7-17-31-60;/h3-49,52H,1-2H3;/q-2;/i1D3,2D3,4D,5D,6D,7D,10D,11D,12D,13D,14D,15D,16D,17D,24D,25D,26D,27D,28D,29D,30D,31D,43D,44D,45D,46D,47D,48D;. The maximum Gasteiger partial charge on any atom is 0.268 e. The number of aromatic nitrogens is 4.